The van der Waals surface area contributed by atoms with Crippen LogP contribution in [0, 0.1) is 0 Å². The molecule has 2 aromatic carbocycles. The molecule has 186 valence electrons. The molecule has 0 spiro atoms. The minimum Gasteiger partial charge on any atom is -0.493 e. The van der Waals surface area contributed by atoms with E-state index in [2.05, 4.69) is 20.0 Å². The second kappa shape index (κ2) is 9.25. The Labute approximate surface area is 208 Å². The fourth-order valence-electron chi connectivity index (χ4n) is 4.67. The Morgan fingerprint density at radius 2 is 1.94 bits per heavy atom. The van der Waals surface area contributed by atoms with Crippen molar-refractivity contribution in [3.8, 4) is 22.8 Å². The van der Waals surface area contributed by atoms with E-state index >= 15 is 0 Å². The summed E-state index contributed by atoms with van der Waals surface area (Å²) in [4.78, 5) is 14.1. The van der Waals surface area contributed by atoms with Crippen LogP contribution in [0.25, 0.3) is 22.2 Å². The molecular formula is C25H26N6O4S. The third kappa shape index (κ3) is 4.27. The van der Waals surface area contributed by atoms with Crippen molar-refractivity contribution >= 4 is 32.4 Å². The van der Waals surface area contributed by atoms with Gasteiger partial charge in [0.05, 0.1) is 54.4 Å². The lowest BCUT2D eigenvalue weighted by atomic mass is 9.92. The number of sulfonamides is 1. The molecule has 0 fully saturated rings. The molecule has 0 amide bonds. The Bertz CT molecular complexity index is 1560. The Morgan fingerprint density at radius 1 is 1.11 bits per heavy atom. The van der Waals surface area contributed by atoms with Crippen molar-refractivity contribution in [2.75, 3.05) is 37.5 Å². The molecule has 1 atom stereocenters. The number of benzene rings is 2. The van der Waals surface area contributed by atoms with E-state index in [0.29, 0.717) is 58.1 Å². The van der Waals surface area contributed by atoms with Crippen LogP contribution in [0.1, 0.15) is 23.0 Å². The molecule has 11 heteroatoms. The standard InChI is InChI=1S/C25H26N6O4S/c1-34-19-13-18-21(20(23(19)35-2)17-8-4-5-11-27-17)24(26)30-25(29-18)22-15-7-6-9-16(31-36(3,32)33)14(15)10-12-28-22/h4-9,11,13,22,28,31H,10,12H2,1-3H3,(H2,26,29,30). The normalized spacial score (nSPS) is 15.4. The summed E-state index contributed by atoms with van der Waals surface area (Å²) in [5, 5.41) is 4.05. The van der Waals surface area contributed by atoms with Crippen molar-refractivity contribution in [1.82, 2.24) is 20.3 Å². The highest BCUT2D eigenvalue weighted by atomic mass is 32.2. The van der Waals surface area contributed by atoms with Crippen molar-refractivity contribution in [2.24, 2.45) is 0 Å². The molecule has 1 aliphatic rings. The number of aromatic nitrogens is 3. The molecule has 0 bridgehead atoms. The van der Waals surface area contributed by atoms with Gasteiger partial charge in [-0.1, -0.05) is 18.2 Å². The maximum atomic E-state index is 11.9. The summed E-state index contributed by atoms with van der Waals surface area (Å²) in [6.45, 7) is 0.618. The van der Waals surface area contributed by atoms with Crippen LogP contribution in [-0.4, -0.2) is 50.4 Å². The molecule has 4 aromatic rings. The van der Waals surface area contributed by atoms with E-state index in [9.17, 15) is 8.42 Å². The van der Waals surface area contributed by atoms with Crippen molar-refractivity contribution < 1.29 is 17.9 Å². The lowest BCUT2D eigenvalue weighted by Crippen LogP contribution is -2.32. The van der Waals surface area contributed by atoms with Crippen LogP contribution in [-0.2, 0) is 16.4 Å². The number of anilines is 2. The predicted molar refractivity (Wildman–Crippen MR) is 139 cm³/mol. The van der Waals surface area contributed by atoms with Crippen LogP contribution in [0.4, 0.5) is 11.5 Å². The third-order valence-corrected chi connectivity index (χ3v) is 6.69. The number of methoxy groups -OCH3 is 2. The number of nitrogen functional groups attached to an aromatic ring is 1. The molecule has 0 aliphatic carbocycles. The van der Waals surface area contributed by atoms with E-state index in [1.807, 2.05) is 30.3 Å². The van der Waals surface area contributed by atoms with E-state index in [-0.39, 0.29) is 11.9 Å². The van der Waals surface area contributed by atoms with Gasteiger partial charge in [-0.25, -0.2) is 18.4 Å². The molecule has 10 nitrogen and oxygen atoms in total. The van der Waals surface area contributed by atoms with Gasteiger partial charge < -0.3 is 20.5 Å². The second-order valence-electron chi connectivity index (χ2n) is 8.45. The molecule has 0 radical (unpaired) electrons. The van der Waals surface area contributed by atoms with Crippen LogP contribution >= 0.6 is 0 Å². The minimum atomic E-state index is -3.43. The number of rotatable bonds is 6. The van der Waals surface area contributed by atoms with Gasteiger partial charge in [-0.05, 0) is 35.7 Å². The number of fused-ring (bicyclic) bond motifs is 2. The number of hydrogen-bond acceptors (Lipinski definition) is 9. The van der Waals surface area contributed by atoms with E-state index < -0.39 is 10.0 Å². The van der Waals surface area contributed by atoms with E-state index in [1.54, 1.807) is 32.5 Å². The Morgan fingerprint density at radius 3 is 2.64 bits per heavy atom. The van der Waals surface area contributed by atoms with Gasteiger partial charge in [-0.3, -0.25) is 9.71 Å². The molecule has 36 heavy (non-hydrogen) atoms. The molecule has 4 N–H and O–H groups in total. The average molecular weight is 507 g/mol. The first kappa shape index (κ1) is 23.8. The summed E-state index contributed by atoms with van der Waals surface area (Å²) < 4.78 is 37.7. The molecular weight excluding hydrogens is 480 g/mol. The van der Waals surface area contributed by atoms with Gasteiger partial charge in [0.15, 0.2) is 17.3 Å². The molecule has 1 aliphatic heterocycles. The summed E-state index contributed by atoms with van der Waals surface area (Å²) in [5.74, 6) is 1.73. The average Bonchev–Trinajstić information content (AvgIpc) is 2.87. The fourth-order valence-corrected chi connectivity index (χ4v) is 5.26. The van der Waals surface area contributed by atoms with Crippen molar-refractivity contribution in [3.63, 3.8) is 0 Å². The first-order chi connectivity index (χ1) is 17.3. The molecule has 2 aromatic heterocycles. The zero-order valence-electron chi connectivity index (χ0n) is 20.1. The monoisotopic (exact) mass is 506 g/mol. The first-order valence-corrected chi connectivity index (χ1v) is 13.2. The number of nitrogens with zero attached hydrogens (tertiary/aromatic N) is 3. The molecule has 1 unspecified atom stereocenters. The fraction of sp³-hybridized carbons (Fsp3) is 0.240. The maximum Gasteiger partial charge on any atom is 0.229 e. The third-order valence-electron chi connectivity index (χ3n) is 6.10. The maximum absolute atomic E-state index is 11.9. The molecule has 0 saturated carbocycles. The van der Waals surface area contributed by atoms with E-state index in [4.69, 9.17) is 20.2 Å². The van der Waals surface area contributed by atoms with Gasteiger partial charge in [0.2, 0.25) is 10.0 Å². The van der Waals surface area contributed by atoms with Crippen LogP contribution in [0.5, 0.6) is 11.5 Å². The van der Waals surface area contributed by atoms with Crippen molar-refractivity contribution in [3.05, 3.63) is 65.6 Å². The summed E-state index contributed by atoms with van der Waals surface area (Å²) in [5.41, 5.74) is 10.8. The van der Waals surface area contributed by atoms with Crippen LogP contribution < -0.4 is 25.2 Å². The lowest BCUT2D eigenvalue weighted by molar-refractivity contribution is 0.357. The van der Waals surface area contributed by atoms with Crippen LogP contribution in [0.2, 0.25) is 0 Å². The zero-order chi connectivity index (χ0) is 25.4. The van der Waals surface area contributed by atoms with Gasteiger partial charge in [0.25, 0.3) is 0 Å². The van der Waals surface area contributed by atoms with Crippen molar-refractivity contribution in [1.29, 1.82) is 0 Å². The predicted octanol–water partition coefficient (Wildman–Crippen LogP) is 2.90. The summed E-state index contributed by atoms with van der Waals surface area (Å²) >= 11 is 0. The number of nitrogens with two attached hydrogens (primary N) is 1. The number of ether oxygens (including phenoxy) is 2. The highest BCUT2D eigenvalue weighted by Gasteiger charge is 2.28. The highest BCUT2D eigenvalue weighted by molar-refractivity contribution is 7.92. The Kier molecular flexibility index (Phi) is 6.10. The SMILES string of the molecule is COc1cc2nc(C3NCCc4c(NS(C)(=O)=O)cccc43)nc(N)c2c(-c2ccccn2)c1OC. The summed E-state index contributed by atoms with van der Waals surface area (Å²) in [6, 6.07) is 12.5. The number of nitrogens with one attached hydrogen (secondary N) is 2. The lowest BCUT2D eigenvalue weighted by Gasteiger charge is -2.28. The van der Waals surface area contributed by atoms with Crippen LogP contribution in [0.15, 0.2) is 48.7 Å². The number of hydrogen-bond donors (Lipinski definition) is 3. The van der Waals surface area contributed by atoms with Crippen molar-refractivity contribution in [2.45, 2.75) is 12.5 Å². The van der Waals surface area contributed by atoms with Gasteiger partial charge in [0.1, 0.15) is 5.82 Å². The largest absolute Gasteiger partial charge is 0.493 e. The first-order valence-electron chi connectivity index (χ1n) is 11.3. The van der Waals surface area contributed by atoms with Gasteiger partial charge in [-0.2, -0.15) is 0 Å². The highest BCUT2D eigenvalue weighted by Crippen LogP contribution is 2.45. The topological polar surface area (TPSA) is 141 Å². The smallest absolute Gasteiger partial charge is 0.229 e. The summed E-state index contributed by atoms with van der Waals surface area (Å²) in [7, 11) is -0.303. The second-order valence-corrected chi connectivity index (χ2v) is 10.2. The van der Waals surface area contributed by atoms with Gasteiger partial charge in [0, 0.05) is 18.8 Å². The Hall–Kier alpha value is -3.96. The van der Waals surface area contributed by atoms with E-state index in [1.165, 1.54) is 0 Å². The molecule has 0 saturated heterocycles. The van der Waals surface area contributed by atoms with Gasteiger partial charge in [-0.15, -0.1) is 0 Å². The Balaban J connectivity index is 1.71. The minimum absolute atomic E-state index is 0.274. The van der Waals surface area contributed by atoms with Crippen LogP contribution in [0.3, 0.4) is 0 Å². The molecule has 5 rings (SSSR count). The zero-order valence-corrected chi connectivity index (χ0v) is 20.9. The quantitative estimate of drug-likeness (QED) is 0.360. The summed E-state index contributed by atoms with van der Waals surface area (Å²) in [6.07, 6.45) is 3.48. The van der Waals surface area contributed by atoms with Gasteiger partial charge >= 0.3 is 0 Å². The van der Waals surface area contributed by atoms with E-state index in [0.717, 1.165) is 17.4 Å². The number of pyridine rings is 1. The molecule has 3 heterocycles.